The van der Waals surface area contributed by atoms with Crippen LogP contribution in [0.25, 0.3) is 0 Å². The van der Waals surface area contributed by atoms with Crippen LogP contribution < -0.4 is 19.7 Å². The lowest BCUT2D eigenvalue weighted by Crippen LogP contribution is -2.42. The van der Waals surface area contributed by atoms with Gasteiger partial charge in [0.25, 0.3) is 17.7 Å². The van der Waals surface area contributed by atoms with Gasteiger partial charge in [0.05, 0.1) is 23.7 Å². The molecule has 3 heterocycles. The number of anilines is 2. The van der Waals surface area contributed by atoms with Gasteiger partial charge < -0.3 is 19.7 Å². The van der Waals surface area contributed by atoms with Crippen LogP contribution in [-0.2, 0) is 28.8 Å². The molecule has 17 heteroatoms. The number of imide groups is 3. The average molecular weight is 906 g/mol. The van der Waals surface area contributed by atoms with Gasteiger partial charge in [-0.1, -0.05) is 53.9 Å². The molecule has 1 fully saturated rings. The molecule has 0 spiro atoms. The van der Waals surface area contributed by atoms with Crippen LogP contribution in [-0.4, -0.2) is 96.1 Å². The Morgan fingerprint density at radius 3 is 1.85 bits per heavy atom. The number of carbonyl (C=O) groups is 7. The topological polar surface area (TPSA) is 211 Å². The Hall–Kier alpha value is -7.30. The fourth-order valence-corrected chi connectivity index (χ4v) is 7.10. The highest BCUT2D eigenvalue weighted by Gasteiger charge is 2.35. The van der Waals surface area contributed by atoms with Crippen LogP contribution in [0.5, 0.6) is 11.5 Å². The second-order valence-electron chi connectivity index (χ2n) is 15.8. The van der Waals surface area contributed by atoms with Gasteiger partial charge in [0.1, 0.15) is 41.3 Å². The number of rotatable bonds is 11. The monoisotopic (exact) mass is 905 g/mol. The number of aryl methyl sites for hydroxylation is 4. The predicted molar refractivity (Wildman–Crippen MR) is 243 cm³/mol. The summed E-state index contributed by atoms with van der Waals surface area (Å²) in [6.45, 7) is 13.8. The van der Waals surface area contributed by atoms with Gasteiger partial charge in [-0.15, -0.1) is 0 Å². The number of nitrogens with one attached hydrogen (secondary N) is 1. The van der Waals surface area contributed by atoms with E-state index in [4.69, 9.17) is 26.3 Å². The van der Waals surface area contributed by atoms with Gasteiger partial charge in [-0.05, 0) is 107 Å². The predicted octanol–water partition coefficient (Wildman–Crippen LogP) is 7.04. The van der Waals surface area contributed by atoms with Gasteiger partial charge in [0, 0.05) is 32.7 Å². The van der Waals surface area contributed by atoms with Crippen molar-refractivity contribution in [2.24, 2.45) is 0 Å². The molecular formula is C48H52ClN7O9. The van der Waals surface area contributed by atoms with E-state index in [0.29, 0.717) is 42.0 Å². The van der Waals surface area contributed by atoms with Crippen molar-refractivity contribution in [1.29, 1.82) is 10.5 Å². The van der Waals surface area contributed by atoms with E-state index in [1.165, 1.54) is 29.6 Å². The van der Waals surface area contributed by atoms with E-state index < -0.39 is 23.8 Å². The van der Waals surface area contributed by atoms with Crippen LogP contribution in [0, 0.1) is 50.4 Å². The maximum absolute atomic E-state index is 12.9. The molecule has 0 bridgehead atoms. The number of ether oxygens (including phenoxy) is 2. The fraction of sp³-hybridized carbons (Fsp3) is 0.354. The number of hydrogen-bond donors (Lipinski definition) is 1. The van der Waals surface area contributed by atoms with Crippen molar-refractivity contribution in [2.45, 2.75) is 80.3 Å². The number of halogens is 1. The molecule has 1 saturated heterocycles. The molecular weight excluding hydrogens is 854 g/mol. The molecule has 3 aliphatic rings. The summed E-state index contributed by atoms with van der Waals surface area (Å²) in [6.07, 6.45) is 0.274. The van der Waals surface area contributed by atoms with Crippen molar-refractivity contribution >= 4 is 64.4 Å². The number of urea groups is 1. The van der Waals surface area contributed by atoms with Gasteiger partial charge in [-0.25, -0.2) is 9.69 Å². The van der Waals surface area contributed by atoms with E-state index >= 15 is 0 Å². The summed E-state index contributed by atoms with van der Waals surface area (Å²) in [5.41, 5.74) is 5.65. The second-order valence-corrected chi connectivity index (χ2v) is 16.2. The van der Waals surface area contributed by atoms with Gasteiger partial charge in [0.15, 0.2) is 6.10 Å². The largest absolute Gasteiger partial charge is 0.493 e. The Kier molecular flexibility index (Phi) is 17.3. The molecule has 3 aromatic rings. The van der Waals surface area contributed by atoms with E-state index in [9.17, 15) is 38.8 Å². The first kappa shape index (κ1) is 50.3. The zero-order chi connectivity index (χ0) is 48.3. The molecule has 0 saturated carbocycles. The maximum Gasteiger partial charge on any atom is 0.326 e. The minimum atomic E-state index is -0.750. The van der Waals surface area contributed by atoms with Crippen LogP contribution in [0.4, 0.5) is 16.2 Å². The van der Waals surface area contributed by atoms with E-state index in [-0.39, 0.29) is 71.5 Å². The van der Waals surface area contributed by atoms with Crippen LogP contribution in [0.3, 0.4) is 0 Å². The number of carbonyl (C=O) groups excluding carboxylic acids is 7. The molecule has 340 valence electrons. The maximum atomic E-state index is 12.9. The molecule has 3 aromatic carbocycles. The van der Waals surface area contributed by atoms with E-state index in [0.717, 1.165) is 37.1 Å². The highest BCUT2D eigenvalue weighted by atomic mass is 35.5. The third kappa shape index (κ3) is 12.5. The number of likely N-dealkylation sites (N-methyl/N-ethyl adjacent to an activating group) is 2. The summed E-state index contributed by atoms with van der Waals surface area (Å²) in [5, 5.41) is 21.2. The summed E-state index contributed by atoms with van der Waals surface area (Å²) < 4.78 is 11.6. The summed E-state index contributed by atoms with van der Waals surface area (Å²) >= 11 is 6.27. The molecule has 1 N–H and O–H groups in total. The Bertz CT molecular complexity index is 2570. The van der Waals surface area contributed by atoms with Crippen molar-refractivity contribution < 1.29 is 43.0 Å². The molecule has 1 unspecified atom stereocenters. The Balaban J connectivity index is 0.000000248. The van der Waals surface area contributed by atoms with Crippen molar-refractivity contribution in [2.75, 3.05) is 44.0 Å². The van der Waals surface area contributed by atoms with Gasteiger partial charge in [-0.3, -0.25) is 38.6 Å². The fourth-order valence-electron chi connectivity index (χ4n) is 6.90. The van der Waals surface area contributed by atoms with Gasteiger partial charge >= 0.3 is 6.03 Å². The summed E-state index contributed by atoms with van der Waals surface area (Å²) in [5.74, 6) is -1.06. The first-order valence-corrected chi connectivity index (χ1v) is 21.1. The lowest BCUT2D eigenvalue weighted by molar-refractivity contribution is -0.143. The highest BCUT2D eigenvalue weighted by Crippen LogP contribution is 2.34. The van der Waals surface area contributed by atoms with Gasteiger partial charge in [-0.2, -0.15) is 10.5 Å². The molecule has 65 heavy (non-hydrogen) atoms. The van der Waals surface area contributed by atoms with Crippen molar-refractivity contribution in [3.05, 3.63) is 104 Å². The molecule has 0 aliphatic carbocycles. The second kappa shape index (κ2) is 22.4. The molecule has 6 rings (SSSR count). The number of hydrogen-bond acceptors (Lipinski definition) is 11. The lowest BCUT2D eigenvalue weighted by atomic mass is 10.0. The standard InChI is InChI=1S/C25H24ClN3O4.C18H20N2O3.C5H8N2O2/c1-5-21(33-22-9-6-14(2)10-16(22)4)24(31)28-17-7-8-19(26)20(12-17)29-23(30)11-15(3)18(13-27)25(29)32;1-12-5-6-16(14(3)9-12)23-8-4-7-20-17(21)10-13(2)15(11-19)18(20)22;1-6-3-4(8)7(2)5(6)9/h6-10,12,21H,5,11H2,1-4H3,(H,28,31);5-6,9H,4,7-8,10H2,1-3H3;3H2,1-2H3. The first-order chi connectivity index (χ1) is 30.7. The molecule has 0 radical (unpaired) electrons. The van der Waals surface area contributed by atoms with Crippen LogP contribution in [0.15, 0.2) is 76.9 Å². The third-order valence-corrected chi connectivity index (χ3v) is 10.8. The van der Waals surface area contributed by atoms with E-state index in [1.54, 1.807) is 27.0 Å². The SMILES string of the molecule is CC1=C(C#N)C(=O)N(CCCOc2ccc(C)cc2C)C(=O)C1.CCC(Oc1ccc(C)cc1C)C(=O)Nc1ccc(Cl)c(N2C(=O)CC(C)=C(C#N)C2=O)c1.CN1CC(=O)N(C)C1=O. The van der Waals surface area contributed by atoms with Crippen LogP contribution in [0.2, 0.25) is 5.02 Å². The third-order valence-electron chi connectivity index (χ3n) is 10.5. The molecule has 16 nitrogen and oxygen atoms in total. The molecule has 0 aromatic heterocycles. The minimum absolute atomic E-state index is 0.0663. The zero-order valence-corrected chi connectivity index (χ0v) is 38.7. The number of amides is 8. The molecule has 1 atom stereocenters. The van der Waals surface area contributed by atoms with Crippen LogP contribution >= 0.6 is 11.6 Å². The average Bonchev–Trinajstić information content (AvgIpc) is 3.46. The number of nitriles is 2. The smallest absolute Gasteiger partial charge is 0.326 e. The van der Waals surface area contributed by atoms with Crippen molar-refractivity contribution in [1.82, 2.24) is 14.7 Å². The zero-order valence-electron chi connectivity index (χ0n) is 38.0. The Morgan fingerprint density at radius 1 is 0.769 bits per heavy atom. The van der Waals surface area contributed by atoms with Gasteiger partial charge in [0.2, 0.25) is 17.7 Å². The van der Waals surface area contributed by atoms with E-state index in [1.807, 2.05) is 83.2 Å². The van der Waals surface area contributed by atoms with Crippen molar-refractivity contribution in [3.63, 3.8) is 0 Å². The Morgan fingerprint density at radius 2 is 1.34 bits per heavy atom. The van der Waals surface area contributed by atoms with Crippen molar-refractivity contribution in [3.8, 4) is 23.6 Å². The quantitative estimate of drug-likeness (QED) is 0.117. The Labute approximate surface area is 383 Å². The summed E-state index contributed by atoms with van der Waals surface area (Å²) in [6, 6.07) is 19.7. The van der Waals surface area contributed by atoms with E-state index in [2.05, 4.69) is 5.32 Å². The number of nitrogens with zero attached hydrogens (tertiary/aromatic N) is 6. The minimum Gasteiger partial charge on any atom is -0.493 e. The molecule has 8 amide bonds. The van der Waals surface area contributed by atoms with Crippen LogP contribution in [0.1, 0.15) is 68.7 Å². The molecule has 3 aliphatic heterocycles. The normalized spacial score (nSPS) is 15.5. The first-order valence-electron chi connectivity index (χ1n) is 20.7. The summed E-state index contributed by atoms with van der Waals surface area (Å²) in [7, 11) is 3.08. The highest BCUT2D eigenvalue weighted by molar-refractivity contribution is 6.36. The number of benzene rings is 3. The summed E-state index contributed by atoms with van der Waals surface area (Å²) in [4.78, 5) is 88.2. The lowest BCUT2D eigenvalue weighted by Gasteiger charge is -2.27.